The highest BCUT2D eigenvalue weighted by atomic mass is 15.2. The van der Waals surface area contributed by atoms with Crippen LogP contribution >= 0.6 is 0 Å². The van der Waals surface area contributed by atoms with Gasteiger partial charge in [0.25, 0.3) is 0 Å². The van der Waals surface area contributed by atoms with E-state index < -0.39 is 0 Å². The first-order valence-corrected chi connectivity index (χ1v) is 18.7. The zero-order chi connectivity index (χ0) is 36.3. The van der Waals surface area contributed by atoms with Crippen LogP contribution in [0.5, 0.6) is 0 Å². The Kier molecular flexibility index (Phi) is 6.37. The second-order valence-corrected chi connectivity index (χ2v) is 15.2. The van der Waals surface area contributed by atoms with Crippen LogP contribution in [0.2, 0.25) is 0 Å². The van der Waals surface area contributed by atoms with Crippen molar-refractivity contribution in [2.24, 2.45) is 0 Å². The summed E-state index contributed by atoms with van der Waals surface area (Å²) in [5.41, 5.74) is 15.0. The Morgan fingerprint density at radius 3 is 2.04 bits per heavy atom. The molecule has 0 atom stereocenters. The maximum atomic E-state index is 5.20. The molecule has 0 spiro atoms. The van der Waals surface area contributed by atoms with Gasteiger partial charge in [-0.15, -0.1) is 0 Å². The number of anilines is 3. The molecule has 5 nitrogen and oxygen atoms in total. The minimum Gasteiger partial charge on any atom is -0.310 e. The molecule has 0 N–H and O–H groups in total. The number of aryl methyl sites for hydroxylation is 2. The van der Waals surface area contributed by atoms with Crippen molar-refractivity contribution >= 4 is 66.2 Å². The zero-order valence-electron chi connectivity index (χ0n) is 30.7. The first kappa shape index (κ1) is 30.9. The fourth-order valence-corrected chi connectivity index (χ4v) is 9.34. The van der Waals surface area contributed by atoms with Gasteiger partial charge in [0, 0.05) is 44.4 Å². The summed E-state index contributed by atoms with van der Waals surface area (Å²) in [4.78, 5) is 12.5. The SMILES string of the molecule is Cc1cccc(C)c1-c1cnc2c3cc(N4c5ccccc5C(C)(C)c5cc6c7ccccc7n(-c7ccccn7)c6cc54)ccc3c3ccccc3n12. The van der Waals surface area contributed by atoms with Crippen molar-refractivity contribution in [3.05, 3.63) is 174 Å². The van der Waals surface area contributed by atoms with Gasteiger partial charge in [0.05, 0.1) is 39.8 Å². The van der Waals surface area contributed by atoms with Crippen LogP contribution < -0.4 is 4.90 Å². The van der Waals surface area contributed by atoms with Crippen LogP contribution in [-0.4, -0.2) is 18.9 Å². The number of pyridine rings is 2. The lowest BCUT2D eigenvalue weighted by atomic mass is 9.73. The smallest absolute Gasteiger partial charge is 0.145 e. The van der Waals surface area contributed by atoms with Gasteiger partial charge in [0.2, 0.25) is 0 Å². The second kappa shape index (κ2) is 11.1. The van der Waals surface area contributed by atoms with Gasteiger partial charge in [-0.1, -0.05) is 98.8 Å². The highest BCUT2D eigenvalue weighted by molar-refractivity contribution is 6.15. The molecular formula is C49H37N5. The van der Waals surface area contributed by atoms with E-state index in [4.69, 9.17) is 9.97 Å². The molecule has 1 aliphatic heterocycles. The normalized spacial score (nSPS) is 13.7. The number of imidazole rings is 1. The molecule has 4 aromatic heterocycles. The summed E-state index contributed by atoms with van der Waals surface area (Å²) in [6.45, 7) is 9.11. The Labute approximate surface area is 313 Å². The van der Waals surface area contributed by atoms with Crippen LogP contribution in [0.15, 0.2) is 152 Å². The van der Waals surface area contributed by atoms with Crippen molar-refractivity contribution in [2.45, 2.75) is 33.1 Å². The van der Waals surface area contributed by atoms with E-state index in [-0.39, 0.29) is 5.41 Å². The lowest BCUT2D eigenvalue weighted by molar-refractivity contribution is 0.633. The standard InChI is InChI=1S/C49H37N5/c1-30-14-13-15-31(2)47(30)45-29-51-48-37-26-32(23-24-33(37)34-16-5-9-20-41(34)54(45)48)52-42-21-10-7-18-38(42)49(3,4)39-27-36-35-17-6-8-19-40(35)53(43(36)28-44(39)52)46-22-11-12-25-50-46/h5-29H,1-4H3. The van der Waals surface area contributed by atoms with E-state index in [9.17, 15) is 0 Å². The van der Waals surface area contributed by atoms with Gasteiger partial charge in [0.1, 0.15) is 11.5 Å². The third-order valence-electron chi connectivity index (χ3n) is 11.8. The van der Waals surface area contributed by atoms with Crippen LogP contribution in [0.3, 0.4) is 0 Å². The van der Waals surface area contributed by atoms with Gasteiger partial charge in [-0.05, 0) is 96.1 Å². The molecule has 5 heterocycles. The zero-order valence-corrected chi connectivity index (χ0v) is 30.7. The lowest BCUT2D eigenvalue weighted by Gasteiger charge is -2.42. The van der Waals surface area contributed by atoms with E-state index in [1.54, 1.807) is 0 Å². The van der Waals surface area contributed by atoms with Crippen LogP contribution in [0.1, 0.15) is 36.1 Å². The van der Waals surface area contributed by atoms with Gasteiger partial charge in [-0.25, -0.2) is 9.97 Å². The number of rotatable bonds is 3. The maximum absolute atomic E-state index is 5.20. The van der Waals surface area contributed by atoms with E-state index in [0.717, 1.165) is 44.8 Å². The molecule has 0 unspecified atom stereocenters. The molecule has 54 heavy (non-hydrogen) atoms. The molecule has 258 valence electrons. The first-order valence-electron chi connectivity index (χ1n) is 18.7. The van der Waals surface area contributed by atoms with Crippen LogP contribution in [0, 0.1) is 13.8 Å². The molecule has 11 rings (SSSR count). The van der Waals surface area contributed by atoms with E-state index in [1.807, 2.05) is 12.3 Å². The van der Waals surface area contributed by atoms with Crippen molar-refractivity contribution < 1.29 is 0 Å². The number of hydrogen-bond acceptors (Lipinski definition) is 3. The molecule has 0 amide bonds. The van der Waals surface area contributed by atoms with Gasteiger partial charge in [-0.3, -0.25) is 8.97 Å². The van der Waals surface area contributed by atoms with Gasteiger partial charge in [-0.2, -0.15) is 0 Å². The second-order valence-electron chi connectivity index (χ2n) is 15.2. The monoisotopic (exact) mass is 695 g/mol. The summed E-state index contributed by atoms with van der Waals surface area (Å²) in [6, 6.07) is 50.8. The number of aromatic nitrogens is 4. The van der Waals surface area contributed by atoms with Crippen molar-refractivity contribution in [3.8, 4) is 17.1 Å². The molecule has 0 bridgehead atoms. The number of benzene rings is 6. The van der Waals surface area contributed by atoms with Gasteiger partial charge >= 0.3 is 0 Å². The average molecular weight is 696 g/mol. The van der Waals surface area contributed by atoms with Crippen molar-refractivity contribution in [1.82, 2.24) is 18.9 Å². The molecule has 0 aliphatic carbocycles. The maximum Gasteiger partial charge on any atom is 0.145 e. The summed E-state index contributed by atoms with van der Waals surface area (Å²) in [7, 11) is 0. The summed E-state index contributed by atoms with van der Waals surface area (Å²) in [6.07, 6.45) is 3.94. The number of hydrogen-bond donors (Lipinski definition) is 0. The quantitative estimate of drug-likeness (QED) is 0.173. The Hall–Kier alpha value is -6.72. The molecule has 0 saturated heterocycles. The average Bonchev–Trinajstić information content (AvgIpc) is 3.78. The predicted octanol–water partition coefficient (Wildman–Crippen LogP) is 12.5. The van der Waals surface area contributed by atoms with Crippen molar-refractivity contribution in [3.63, 3.8) is 0 Å². The van der Waals surface area contributed by atoms with Gasteiger partial charge < -0.3 is 4.90 Å². The van der Waals surface area contributed by atoms with Gasteiger partial charge in [0.15, 0.2) is 0 Å². The third kappa shape index (κ3) is 4.15. The Bertz CT molecular complexity index is 3140. The molecule has 0 saturated carbocycles. The summed E-state index contributed by atoms with van der Waals surface area (Å²) < 4.78 is 4.68. The Morgan fingerprint density at radius 1 is 0.519 bits per heavy atom. The Balaban J connectivity index is 1.23. The molecule has 0 radical (unpaired) electrons. The third-order valence-corrected chi connectivity index (χ3v) is 11.8. The number of nitrogens with zero attached hydrogens (tertiary/aromatic N) is 5. The van der Waals surface area contributed by atoms with E-state index in [0.29, 0.717) is 0 Å². The summed E-state index contributed by atoms with van der Waals surface area (Å²) >= 11 is 0. The fourth-order valence-electron chi connectivity index (χ4n) is 9.34. The number of para-hydroxylation sites is 3. The van der Waals surface area contributed by atoms with Crippen LogP contribution in [0.4, 0.5) is 17.1 Å². The van der Waals surface area contributed by atoms with Crippen LogP contribution in [0.25, 0.3) is 66.2 Å². The topological polar surface area (TPSA) is 38.4 Å². The Morgan fingerprint density at radius 2 is 1.24 bits per heavy atom. The fraction of sp³-hybridized carbons (Fsp3) is 0.102. The van der Waals surface area contributed by atoms with E-state index in [1.165, 1.54) is 60.7 Å². The summed E-state index contributed by atoms with van der Waals surface area (Å²) in [5.74, 6) is 0.907. The molecule has 1 aliphatic rings. The van der Waals surface area contributed by atoms with E-state index in [2.05, 4.69) is 181 Å². The molecule has 10 aromatic rings. The van der Waals surface area contributed by atoms with Crippen LogP contribution in [-0.2, 0) is 5.41 Å². The molecular weight excluding hydrogens is 659 g/mol. The minimum absolute atomic E-state index is 0.242. The largest absolute Gasteiger partial charge is 0.310 e. The molecule has 0 fully saturated rings. The molecule has 5 heteroatoms. The summed E-state index contributed by atoms with van der Waals surface area (Å²) in [5, 5.41) is 5.97. The predicted molar refractivity (Wildman–Crippen MR) is 224 cm³/mol. The van der Waals surface area contributed by atoms with Crippen molar-refractivity contribution in [2.75, 3.05) is 4.90 Å². The highest BCUT2D eigenvalue weighted by Gasteiger charge is 2.38. The minimum atomic E-state index is -0.242. The van der Waals surface area contributed by atoms with Crippen molar-refractivity contribution in [1.29, 1.82) is 0 Å². The number of fused-ring (bicyclic) bond motifs is 11. The lowest BCUT2D eigenvalue weighted by Crippen LogP contribution is -2.30. The first-order chi connectivity index (χ1) is 26.4. The highest BCUT2D eigenvalue weighted by Crippen LogP contribution is 2.54. The molecule has 6 aromatic carbocycles. The van der Waals surface area contributed by atoms with E-state index >= 15 is 0 Å².